The molecule has 0 saturated carbocycles. The number of nitrogens with one attached hydrogen (secondary N) is 1. The Kier molecular flexibility index (Phi) is 6.27. The van der Waals surface area contributed by atoms with Gasteiger partial charge in [0.1, 0.15) is 4.90 Å². The van der Waals surface area contributed by atoms with Crippen LogP contribution >= 0.6 is 0 Å². The number of carbonyl (C=O) groups is 1. The van der Waals surface area contributed by atoms with E-state index in [4.69, 9.17) is 0 Å². The fourth-order valence-corrected chi connectivity index (χ4v) is 3.64. The van der Waals surface area contributed by atoms with E-state index in [0.717, 1.165) is 34.0 Å². The summed E-state index contributed by atoms with van der Waals surface area (Å²) >= 11 is 0. The molecule has 25 heavy (non-hydrogen) atoms. The summed E-state index contributed by atoms with van der Waals surface area (Å²) in [6, 6.07) is 8.90. The summed E-state index contributed by atoms with van der Waals surface area (Å²) in [5, 5.41) is 2.87. The number of aromatic nitrogens is 1. The van der Waals surface area contributed by atoms with Crippen molar-refractivity contribution >= 4 is 21.6 Å². The first-order chi connectivity index (χ1) is 11.9. The Balaban J connectivity index is 2.16. The lowest BCUT2D eigenvalue weighted by Gasteiger charge is -2.18. The van der Waals surface area contributed by atoms with Crippen LogP contribution in [0.5, 0.6) is 0 Å². The van der Waals surface area contributed by atoms with Crippen molar-refractivity contribution < 1.29 is 13.2 Å². The molecular weight excluding hydrogens is 338 g/mol. The zero-order valence-corrected chi connectivity index (χ0v) is 15.5. The maximum atomic E-state index is 12.5. The van der Waals surface area contributed by atoms with Gasteiger partial charge in [-0.15, -0.1) is 0 Å². The van der Waals surface area contributed by atoms with Crippen molar-refractivity contribution in [1.82, 2.24) is 9.29 Å². The molecule has 0 aliphatic heterocycles. The number of amides is 1. The molecule has 0 saturated heterocycles. The molecule has 134 valence electrons. The molecule has 0 unspecified atom stereocenters. The number of hydrogen-bond donors (Lipinski definition) is 1. The molecule has 0 aliphatic rings. The Morgan fingerprint density at radius 3 is 2.28 bits per heavy atom. The van der Waals surface area contributed by atoms with Crippen molar-refractivity contribution in [3.63, 3.8) is 0 Å². The lowest BCUT2D eigenvalue weighted by atomic mass is 10.0. The average Bonchev–Trinajstić information content (AvgIpc) is 2.62. The number of rotatable bonds is 7. The molecule has 1 N–H and O–H groups in total. The van der Waals surface area contributed by atoms with E-state index in [2.05, 4.69) is 10.3 Å². The van der Waals surface area contributed by atoms with Crippen LogP contribution in [-0.2, 0) is 27.7 Å². The second-order valence-electron chi connectivity index (χ2n) is 5.66. The third-order valence-corrected chi connectivity index (χ3v) is 5.76. The van der Waals surface area contributed by atoms with E-state index in [1.54, 1.807) is 6.07 Å². The van der Waals surface area contributed by atoms with E-state index in [9.17, 15) is 13.2 Å². The highest BCUT2D eigenvalue weighted by Crippen LogP contribution is 2.22. The van der Waals surface area contributed by atoms with Crippen LogP contribution in [0.2, 0.25) is 0 Å². The highest BCUT2D eigenvalue weighted by molar-refractivity contribution is 7.89. The first-order valence-electron chi connectivity index (χ1n) is 8.17. The molecule has 6 nitrogen and oxygen atoms in total. The van der Waals surface area contributed by atoms with Gasteiger partial charge in [0.25, 0.3) is 0 Å². The van der Waals surface area contributed by atoms with Crippen LogP contribution in [0.3, 0.4) is 0 Å². The normalized spacial score (nSPS) is 11.5. The number of benzene rings is 1. The molecule has 1 aromatic carbocycles. The molecule has 0 spiro atoms. The van der Waals surface area contributed by atoms with E-state index in [0.29, 0.717) is 0 Å². The van der Waals surface area contributed by atoms with Gasteiger partial charge in [0.2, 0.25) is 15.9 Å². The van der Waals surface area contributed by atoms with Crippen LogP contribution in [0, 0.1) is 0 Å². The van der Waals surface area contributed by atoms with E-state index in [-0.39, 0.29) is 17.3 Å². The van der Waals surface area contributed by atoms with Crippen molar-refractivity contribution in [2.24, 2.45) is 0 Å². The number of anilines is 1. The number of para-hydroxylation sites is 1. The van der Waals surface area contributed by atoms with Gasteiger partial charge in [-0.25, -0.2) is 8.42 Å². The van der Waals surface area contributed by atoms with Crippen molar-refractivity contribution in [1.29, 1.82) is 0 Å². The number of likely N-dealkylation sites (N-methyl/N-ethyl adjacent to an activating group) is 1. The summed E-state index contributed by atoms with van der Waals surface area (Å²) in [4.78, 5) is 16.3. The minimum Gasteiger partial charge on any atom is -0.324 e. The summed E-state index contributed by atoms with van der Waals surface area (Å²) in [7, 11) is -2.36. The van der Waals surface area contributed by atoms with Crippen LogP contribution in [0.15, 0.2) is 47.6 Å². The van der Waals surface area contributed by atoms with Crippen LogP contribution in [0.25, 0.3) is 0 Å². The third kappa shape index (κ3) is 4.43. The Morgan fingerprint density at radius 2 is 1.76 bits per heavy atom. The van der Waals surface area contributed by atoms with E-state index in [1.165, 1.54) is 25.5 Å². The zero-order valence-electron chi connectivity index (χ0n) is 14.7. The largest absolute Gasteiger partial charge is 0.324 e. The second-order valence-corrected chi connectivity index (χ2v) is 7.70. The number of pyridine rings is 1. The van der Waals surface area contributed by atoms with E-state index >= 15 is 0 Å². The van der Waals surface area contributed by atoms with Gasteiger partial charge in [-0.1, -0.05) is 32.0 Å². The van der Waals surface area contributed by atoms with Crippen molar-refractivity contribution in [3.05, 3.63) is 53.9 Å². The standard InChI is InChI=1S/C18H23N3O3S/c1-4-14-8-6-9-15(5-2)18(14)20-17(22)13-21(3)25(23,24)16-10-7-11-19-12-16/h6-12H,4-5,13H2,1-3H3,(H,20,22). The smallest absolute Gasteiger partial charge is 0.244 e. The van der Waals surface area contributed by atoms with Gasteiger partial charge in [-0.05, 0) is 36.1 Å². The predicted molar refractivity (Wildman–Crippen MR) is 97.9 cm³/mol. The summed E-state index contributed by atoms with van der Waals surface area (Å²) in [5.74, 6) is -0.370. The minimum absolute atomic E-state index is 0.0634. The average molecular weight is 361 g/mol. The molecule has 1 aromatic heterocycles. The number of hydrogen-bond acceptors (Lipinski definition) is 4. The monoisotopic (exact) mass is 361 g/mol. The maximum absolute atomic E-state index is 12.5. The number of aryl methyl sites for hydroxylation is 2. The van der Waals surface area contributed by atoms with Gasteiger partial charge in [0.15, 0.2) is 0 Å². The first-order valence-corrected chi connectivity index (χ1v) is 9.61. The quantitative estimate of drug-likeness (QED) is 0.822. The van der Waals surface area contributed by atoms with Gasteiger partial charge in [0, 0.05) is 25.1 Å². The van der Waals surface area contributed by atoms with E-state index < -0.39 is 10.0 Å². The molecule has 0 radical (unpaired) electrons. The molecule has 1 heterocycles. The van der Waals surface area contributed by atoms with Crippen LogP contribution < -0.4 is 5.32 Å². The Hall–Kier alpha value is -2.25. The number of nitrogens with zero attached hydrogens (tertiary/aromatic N) is 2. The van der Waals surface area contributed by atoms with Gasteiger partial charge < -0.3 is 5.32 Å². The topological polar surface area (TPSA) is 79.4 Å². The molecule has 1 amide bonds. The maximum Gasteiger partial charge on any atom is 0.244 e. The SMILES string of the molecule is CCc1cccc(CC)c1NC(=O)CN(C)S(=O)(=O)c1cccnc1. The number of carbonyl (C=O) groups excluding carboxylic acids is 1. The Morgan fingerprint density at radius 1 is 1.12 bits per heavy atom. The molecule has 2 rings (SSSR count). The van der Waals surface area contributed by atoms with Crippen molar-refractivity contribution in [2.75, 3.05) is 18.9 Å². The predicted octanol–water partition coefficient (Wildman–Crippen LogP) is 2.47. The molecule has 7 heteroatoms. The molecule has 2 aromatic rings. The zero-order chi connectivity index (χ0) is 18.4. The van der Waals surface area contributed by atoms with Gasteiger partial charge >= 0.3 is 0 Å². The van der Waals surface area contributed by atoms with Crippen LogP contribution in [-0.4, -0.2) is 37.2 Å². The van der Waals surface area contributed by atoms with Crippen molar-refractivity contribution in [2.45, 2.75) is 31.6 Å². The highest BCUT2D eigenvalue weighted by atomic mass is 32.2. The fraction of sp³-hybridized carbons (Fsp3) is 0.333. The third-order valence-electron chi connectivity index (χ3n) is 3.97. The lowest BCUT2D eigenvalue weighted by molar-refractivity contribution is -0.116. The molecule has 0 atom stereocenters. The summed E-state index contributed by atoms with van der Waals surface area (Å²) < 4.78 is 26.0. The second kappa shape index (κ2) is 8.22. The molecule has 0 aliphatic carbocycles. The number of sulfonamides is 1. The van der Waals surface area contributed by atoms with E-state index in [1.807, 2.05) is 32.0 Å². The molecule has 0 fully saturated rings. The fourth-order valence-electron chi connectivity index (χ4n) is 2.55. The van der Waals surface area contributed by atoms with Crippen LogP contribution in [0.4, 0.5) is 5.69 Å². The Bertz CT molecular complexity index is 814. The minimum atomic E-state index is -3.75. The summed E-state index contributed by atoms with van der Waals surface area (Å²) in [5.41, 5.74) is 2.85. The summed E-state index contributed by atoms with van der Waals surface area (Å²) in [6.07, 6.45) is 4.34. The lowest BCUT2D eigenvalue weighted by Crippen LogP contribution is -2.35. The van der Waals surface area contributed by atoms with Gasteiger partial charge in [0.05, 0.1) is 6.54 Å². The molecule has 0 bridgehead atoms. The highest BCUT2D eigenvalue weighted by Gasteiger charge is 2.23. The van der Waals surface area contributed by atoms with Gasteiger partial charge in [-0.2, -0.15) is 4.31 Å². The van der Waals surface area contributed by atoms with Gasteiger partial charge in [-0.3, -0.25) is 9.78 Å². The van der Waals surface area contributed by atoms with Crippen LogP contribution in [0.1, 0.15) is 25.0 Å². The van der Waals surface area contributed by atoms with Crippen molar-refractivity contribution in [3.8, 4) is 0 Å². The summed E-state index contributed by atoms with van der Waals surface area (Å²) in [6.45, 7) is 3.77. The molecular formula is C18H23N3O3S. The first kappa shape index (κ1) is 19.1. The Labute approximate surface area is 148 Å².